The van der Waals surface area contributed by atoms with Gasteiger partial charge < -0.3 is 20.1 Å². The van der Waals surface area contributed by atoms with Gasteiger partial charge in [0.1, 0.15) is 6.04 Å². The summed E-state index contributed by atoms with van der Waals surface area (Å²) in [4.78, 5) is 25.0. The first-order valence-electron chi connectivity index (χ1n) is 8.11. The van der Waals surface area contributed by atoms with Crippen LogP contribution in [0.1, 0.15) is 24.2 Å². The van der Waals surface area contributed by atoms with Crippen molar-refractivity contribution in [3.05, 3.63) is 54.1 Å². The maximum Gasteiger partial charge on any atom is 0.251 e. The third kappa shape index (κ3) is 3.91. The van der Waals surface area contributed by atoms with Crippen LogP contribution in [0.25, 0.3) is 0 Å². The average Bonchev–Trinajstić information content (AvgIpc) is 3.07. The van der Waals surface area contributed by atoms with Gasteiger partial charge in [-0.2, -0.15) is 0 Å². The van der Waals surface area contributed by atoms with Crippen LogP contribution in [0.5, 0.6) is 11.5 Å². The monoisotopic (exact) mass is 340 g/mol. The molecule has 3 rings (SSSR count). The summed E-state index contributed by atoms with van der Waals surface area (Å²) >= 11 is 0. The lowest BCUT2D eigenvalue weighted by Crippen LogP contribution is -2.47. The molecular weight excluding hydrogens is 320 g/mol. The summed E-state index contributed by atoms with van der Waals surface area (Å²) in [5, 5.41) is 5.62. The van der Waals surface area contributed by atoms with Crippen LogP contribution in [0.4, 0.5) is 5.69 Å². The zero-order valence-electron chi connectivity index (χ0n) is 14.1. The molecule has 2 N–H and O–H groups in total. The number of carbonyl (C=O) groups excluding carboxylic acids is 2. The van der Waals surface area contributed by atoms with Gasteiger partial charge in [0, 0.05) is 17.3 Å². The third-order valence-electron chi connectivity index (χ3n) is 3.91. The number of fused-ring (bicyclic) bond motifs is 1. The van der Waals surface area contributed by atoms with Gasteiger partial charge in [0.2, 0.25) is 12.7 Å². The molecule has 1 atom stereocenters. The van der Waals surface area contributed by atoms with Crippen LogP contribution in [0, 0.1) is 5.92 Å². The first-order chi connectivity index (χ1) is 12.0. The number of nitrogens with one attached hydrogen (secondary N) is 2. The minimum atomic E-state index is -0.655. The van der Waals surface area contributed by atoms with E-state index in [9.17, 15) is 9.59 Å². The number of hydrogen-bond acceptors (Lipinski definition) is 4. The maximum atomic E-state index is 12.6. The smallest absolute Gasteiger partial charge is 0.251 e. The first-order valence-corrected chi connectivity index (χ1v) is 8.11. The van der Waals surface area contributed by atoms with Gasteiger partial charge >= 0.3 is 0 Å². The van der Waals surface area contributed by atoms with Crippen LogP contribution in [0.2, 0.25) is 0 Å². The molecule has 25 heavy (non-hydrogen) atoms. The van der Waals surface area contributed by atoms with E-state index in [1.807, 2.05) is 19.9 Å². The Morgan fingerprint density at radius 3 is 2.44 bits per heavy atom. The molecule has 1 aliphatic heterocycles. The third-order valence-corrected chi connectivity index (χ3v) is 3.91. The van der Waals surface area contributed by atoms with E-state index < -0.39 is 6.04 Å². The van der Waals surface area contributed by atoms with E-state index in [1.165, 1.54) is 0 Å². The molecule has 0 bridgehead atoms. The van der Waals surface area contributed by atoms with Crippen molar-refractivity contribution in [3.8, 4) is 11.5 Å². The molecule has 0 unspecified atom stereocenters. The highest BCUT2D eigenvalue weighted by Gasteiger charge is 2.25. The van der Waals surface area contributed by atoms with E-state index in [2.05, 4.69) is 10.6 Å². The molecule has 2 aromatic carbocycles. The Bertz CT molecular complexity index is 774. The second-order valence-electron chi connectivity index (χ2n) is 6.12. The largest absolute Gasteiger partial charge is 0.454 e. The molecule has 0 aromatic heterocycles. The minimum Gasteiger partial charge on any atom is -0.454 e. The number of benzene rings is 2. The molecule has 6 nitrogen and oxygen atoms in total. The van der Waals surface area contributed by atoms with Gasteiger partial charge in [-0.3, -0.25) is 9.59 Å². The van der Waals surface area contributed by atoms with Crippen molar-refractivity contribution in [2.75, 3.05) is 12.1 Å². The van der Waals surface area contributed by atoms with Gasteiger partial charge in [-0.1, -0.05) is 32.0 Å². The SMILES string of the molecule is CC(C)[C@@H](NC(=O)c1ccccc1)C(=O)Nc1ccc2c(c1)OCO2. The average molecular weight is 340 g/mol. The van der Waals surface area contributed by atoms with Crippen LogP contribution >= 0.6 is 0 Å². The van der Waals surface area contributed by atoms with E-state index in [0.29, 0.717) is 22.7 Å². The Kier molecular flexibility index (Phi) is 4.88. The summed E-state index contributed by atoms with van der Waals surface area (Å²) in [5.74, 6) is 0.614. The van der Waals surface area contributed by atoms with Gasteiger partial charge in [0.15, 0.2) is 11.5 Å². The quantitative estimate of drug-likeness (QED) is 0.877. The number of ether oxygens (including phenoxy) is 2. The Labute approximate surface area is 146 Å². The molecule has 0 fully saturated rings. The Morgan fingerprint density at radius 2 is 1.72 bits per heavy atom. The molecule has 2 aromatic rings. The summed E-state index contributed by atoms with van der Waals surface area (Å²) in [6.07, 6.45) is 0. The summed E-state index contributed by atoms with van der Waals surface area (Å²) in [5.41, 5.74) is 1.11. The fourth-order valence-corrected chi connectivity index (χ4v) is 2.54. The molecule has 0 radical (unpaired) electrons. The van der Waals surface area contributed by atoms with Crippen LogP contribution in [-0.4, -0.2) is 24.6 Å². The highest BCUT2D eigenvalue weighted by atomic mass is 16.7. The highest BCUT2D eigenvalue weighted by Crippen LogP contribution is 2.34. The zero-order valence-corrected chi connectivity index (χ0v) is 14.1. The van der Waals surface area contributed by atoms with Crippen LogP contribution in [0.3, 0.4) is 0 Å². The van der Waals surface area contributed by atoms with Crippen LogP contribution in [-0.2, 0) is 4.79 Å². The molecule has 0 spiro atoms. The number of carbonyl (C=O) groups is 2. The van der Waals surface area contributed by atoms with Crippen LogP contribution in [0.15, 0.2) is 48.5 Å². The van der Waals surface area contributed by atoms with Gasteiger partial charge in [-0.05, 0) is 30.2 Å². The number of amides is 2. The molecule has 1 heterocycles. The fourth-order valence-electron chi connectivity index (χ4n) is 2.54. The van der Waals surface area contributed by atoms with Gasteiger partial charge in [0.05, 0.1) is 0 Å². The van der Waals surface area contributed by atoms with Crippen molar-refractivity contribution in [2.24, 2.45) is 5.92 Å². The van der Waals surface area contributed by atoms with E-state index in [0.717, 1.165) is 0 Å². The van der Waals surface area contributed by atoms with Gasteiger partial charge in [-0.25, -0.2) is 0 Å². The lowest BCUT2D eigenvalue weighted by molar-refractivity contribution is -0.118. The predicted molar refractivity (Wildman–Crippen MR) is 93.7 cm³/mol. The molecular formula is C19H20N2O4. The summed E-state index contributed by atoms with van der Waals surface area (Å²) in [6, 6.07) is 13.4. The van der Waals surface area contributed by atoms with Crippen LogP contribution < -0.4 is 20.1 Å². The fraction of sp³-hybridized carbons (Fsp3) is 0.263. The van der Waals surface area contributed by atoms with E-state index in [4.69, 9.17) is 9.47 Å². The standard InChI is InChI=1S/C19H20N2O4/c1-12(2)17(21-18(22)13-6-4-3-5-7-13)19(23)20-14-8-9-15-16(10-14)25-11-24-15/h3-10,12,17H,11H2,1-2H3,(H,20,23)(H,21,22)/t17-/m1/s1. The molecule has 130 valence electrons. The lowest BCUT2D eigenvalue weighted by atomic mass is 10.0. The Morgan fingerprint density at radius 1 is 1.00 bits per heavy atom. The lowest BCUT2D eigenvalue weighted by Gasteiger charge is -2.22. The summed E-state index contributed by atoms with van der Waals surface area (Å²) in [6.45, 7) is 3.94. The summed E-state index contributed by atoms with van der Waals surface area (Å²) in [7, 11) is 0. The van der Waals surface area contributed by atoms with Crippen molar-refractivity contribution >= 4 is 17.5 Å². The Balaban J connectivity index is 1.70. The van der Waals surface area contributed by atoms with E-state index in [-0.39, 0.29) is 24.5 Å². The topological polar surface area (TPSA) is 76.7 Å². The zero-order chi connectivity index (χ0) is 17.8. The molecule has 0 saturated carbocycles. The van der Waals surface area contributed by atoms with Crippen molar-refractivity contribution in [1.82, 2.24) is 5.32 Å². The molecule has 6 heteroatoms. The van der Waals surface area contributed by atoms with Gasteiger partial charge in [0.25, 0.3) is 5.91 Å². The van der Waals surface area contributed by atoms with Crippen molar-refractivity contribution in [1.29, 1.82) is 0 Å². The molecule has 2 amide bonds. The molecule has 0 saturated heterocycles. The van der Waals surface area contributed by atoms with Crippen molar-refractivity contribution in [2.45, 2.75) is 19.9 Å². The van der Waals surface area contributed by atoms with Crippen molar-refractivity contribution in [3.63, 3.8) is 0 Å². The first kappa shape index (κ1) is 16.8. The molecule has 1 aliphatic rings. The minimum absolute atomic E-state index is 0.0679. The predicted octanol–water partition coefficient (Wildman–Crippen LogP) is 2.81. The highest BCUT2D eigenvalue weighted by molar-refractivity contribution is 6.01. The summed E-state index contributed by atoms with van der Waals surface area (Å²) < 4.78 is 10.6. The maximum absolute atomic E-state index is 12.6. The second-order valence-corrected chi connectivity index (χ2v) is 6.12. The Hall–Kier alpha value is -3.02. The number of hydrogen-bond donors (Lipinski definition) is 2. The number of anilines is 1. The van der Waals surface area contributed by atoms with Crippen molar-refractivity contribution < 1.29 is 19.1 Å². The second kappa shape index (κ2) is 7.25. The van der Waals surface area contributed by atoms with E-state index in [1.54, 1.807) is 42.5 Å². The normalized spacial score (nSPS) is 13.4. The van der Waals surface area contributed by atoms with E-state index >= 15 is 0 Å². The molecule has 0 aliphatic carbocycles. The van der Waals surface area contributed by atoms with Gasteiger partial charge in [-0.15, -0.1) is 0 Å². The number of rotatable bonds is 5.